The third-order valence-corrected chi connectivity index (χ3v) is 4.43. The fraction of sp³-hybridized carbons (Fsp3) is 0.368. The Labute approximate surface area is 152 Å². The molecule has 0 radical (unpaired) electrons. The second kappa shape index (κ2) is 7.95. The first-order valence-corrected chi connectivity index (χ1v) is 8.77. The number of amides is 2. The van der Waals surface area contributed by atoms with E-state index in [0.717, 1.165) is 37.7 Å². The maximum Gasteiger partial charge on any atom is 0.274 e. The average molecular weight is 353 g/mol. The lowest BCUT2D eigenvalue weighted by molar-refractivity contribution is -0.114. The lowest BCUT2D eigenvalue weighted by Gasteiger charge is -2.31. The van der Waals surface area contributed by atoms with E-state index in [1.165, 1.54) is 13.3 Å². The minimum absolute atomic E-state index is 0.162. The van der Waals surface area contributed by atoms with Crippen molar-refractivity contribution >= 4 is 29.0 Å². The van der Waals surface area contributed by atoms with E-state index in [9.17, 15) is 9.59 Å². The highest BCUT2D eigenvalue weighted by Crippen LogP contribution is 2.22. The Morgan fingerprint density at radius 1 is 1.08 bits per heavy atom. The molecule has 7 heteroatoms. The molecule has 1 aliphatic heterocycles. The molecule has 7 nitrogen and oxygen atoms in total. The predicted octanol–water partition coefficient (Wildman–Crippen LogP) is 2.92. The molecule has 1 aromatic carbocycles. The van der Waals surface area contributed by atoms with Crippen LogP contribution in [0.25, 0.3) is 0 Å². The van der Waals surface area contributed by atoms with Crippen molar-refractivity contribution in [2.75, 3.05) is 28.6 Å². The molecule has 2 N–H and O–H groups in total. The van der Waals surface area contributed by atoms with Gasteiger partial charge in [-0.05, 0) is 37.0 Å². The first kappa shape index (κ1) is 17.8. The number of anilines is 3. The van der Waals surface area contributed by atoms with Crippen LogP contribution in [-0.2, 0) is 4.79 Å². The van der Waals surface area contributed by atoms with Crippen LogP contribution in [0.4, 0.5) is 17.2 Å². The SMILES string of the molecule is CC(=O)Nc1cccc(NC(=O)c2cc(N3CCC(C)CC3)ncn2)c1. The number of nitrogens with one attached hydrogen (secondary N) is 2. The summed E-state index contributed by atoms with van der Waals surface area (Å²) >= 11 is 0. The van der Waals surface area contributed by atoms with Crippen LogP contribution in [0.2, 0.25) is 0 Å². The van der Waals surface area contributed by atoms with Crippen molar-refractivity contribution in [2.24, 2.45) is 5.92 Å². The van der Waals surface area contributed by atoms with E-state index in [0.29, 0.717) is 17.1 Å². The highest BCUT2D eigenvalue weighted by atomic mass is 16.2. The monoisotopic (exact) mass is 353 g/mol. The second-order valence-corrected chi connectivity index (χ2v) is 6.65. The molecule has 0 aliphatic carbocycles. The molecule has 2 amide bonds. The van der Waals surface area contributed by atoms with E-state index < -0.39 is 0 Å². The van der Waals surface area contributed by atoms with Gasteiger partial charge in [-0.1, -0.05) is 13.0 Å². The van der Waals surface area contributed by atoms with Crippen molar-refractivity contribution in [1.29, 1.82) is 0 Å². The van der Waals surface area contributed by atoms with Gasteiger partial charge in [0.2, 0.25) is 5.91 Å². The first-order valence-electron chi connectivity index (χ1n) is 8.77. The summed E-state index contributed by atoms with van der Waals surface area (Å²) in [5.74, 6) is 1.04. The smallest absolute Gasteiger partial charge is 0.274 e. The minimum Gasteiger partial charge on any atom is -0.356 e. The molecule has 0 atom stereocenters. The molecular formula is C19H23N5O2. The molecule has 3 rings (SSSR count). The molecule has 0 spiro atoms. The number of hydrogen-bond acceptors (Lipinski definition) is 5. The first-order chi connectivity index (χ1) is 12.5. The Kier molecular flexibility index (Phi) is 5.46. The van der Waals surface area contributed by atoms with E-state index in [-0.39, 0.29) is 11.8 Å². The number of benzene rings is 1. The fourth-order valence-corrected chi connectivity index (χ4v) is 2.95. The Bertz CT molecular complexity index is 800. The summed E-state index contributed by atoms with van der Waals surface area (Å²) in [7, 11) is 0. The number of aromatic nitrogens is 2. The number of carbonyl (C=O) groups excluding carboxylic acids is 2. The molecular weight excluding hydrogens is 330 g/mol. The van der Waals surface area contributed by atoms with Gasteiger partial charge < -0.3 is 15.5 Å². The van der Waals surface area contributed by atoms with Crippen LogP contribution in [0, 0.1) is 5.92 Å². The lowest BCUT2D eigenvalue weighted by atomic mass is 9.99. The van der Waals surface area contributed by atoms with E-state index in [1.807, 2.05) is 0 Å². The molecule has 0 unspecified atom stereocenters. The standard InChI is InChI=1S/C19H23N5O2/c1-13-6-8-24(9-7-13)18-11-17(20-12-21-18)19(26)23-16-5-3-4-15(10-16)22-14(2)25/h3-5,10-13H,6-9H2,1-2H3,(H,22,25)(H,23,26). The van der Waals surface area contributed by atoms with Crippen LogP contribution in [0.1, 0.15) is 37.2 Å². The fourth-order valence-electron chi connectivity index (χ4n) is 2.95. The maximum atomic E-state index is 12.5. The van der Waals surface area contributed by atoms with Crippen molar-refractivity contribution in [3.8, 4) is 0 Å². The molecule has 1 aromatic heterocycles. The van der Waals surface area contributed by atoms with Gasteiger partial charge in [0.1, 0.15) is 17.8 Å². The summed E-state index contributed by atoms with van der Waals surface area (Å²) in [5, 5.41) is 5.50. The van der Waals surface area contributed by atoms with Gasteiger partial charge in [0, 0.05) is 37.5 Å². The summed E-state index contributed by atoms with van der Waals surface area (Å²) < 4.78 is 0. The zero-order chi connectivity index (χ0) is 18.5. The number of rotatable bonds is 4. The highest BCUT2D eigenvalue weighted by Gasteiger charge is 2.18. The van der Waals surface area contributed by atoms with Gasteiger partial charge in [-0.25, -0.2) is 9.97 Å². The number of hydrogen-bond donors (Lipinski definition) is 2. The zero-order valence-corrected chi connectivity index (χ0v) is 15.0. The number of nitrogens with zero attached hydrogens (tertiary/aromatic N) is 3. The lowest BCUT2D eigenvalue weighted by Crippen LogP contribution is -2.33. The molecule has 0 saturated carbocycles. The summed E-state index contributed by atoms with van der Waals surface area (Å²) in [6, 6.07) is 8.71. The van der Waals surface area contributed by atoms with Gasteiger partial charge in [-0.15, -0.1) is 0 Å². The third kappa shape index (κ3) is 4.56. The van der Waals surface area contributed by atoms with E-state index >= 15 is 0 Å². The maximum absolute atomic E-state index is 12.5. The van der Waals surface area contributed by atoms with E-state index in [1.54, 1.807) is 30.3 Å². The van der Waals surface area contributed by atoms with Crippen LogP contribution in [0.15, 0.2) is 36.7 Å². The van der Waals surface area contributed by atoms with Gasteiger partial charge in [-0.2, -0.15) is 0 Å². The Hall–Kier alpha value is -2.96. The second-order valence-electron chi connectivity index (χ2n) is 6.65. The molecule has 1 aliphatic rings. The molecule has 0 bridgehead atoms. The van der Waals surface area contributed by atoms with Crippen LogP contribution < -0.4 is 15.5 Å². The predicted molar refractivity (Wildman–Crippen MR) is 101 cm³/mol. The highest BCUT2D eigenvalue weighted by molar-refractivity contribution is 6.03. The van der Waals surface area contributed by atoms with Gasteiger partial charge in [-0.3, -0.25) is 9.59 Å². The summed E-state index contributed by atoms with van der Waals surface area (Å²) in [5.41, 5.74) is 1.54. The average Bonchev–Trinajstić information content (AvgIpc) is 2.62. The van der Waals surface area contributed by atoms with Crippen LogP contribution >= 0.6 is 0 Å². The quantitative estimate of drug-likeness (QED) is 0.882. The van der Waals surface area contributed by atoms with Crippen LogP contribution in [0.5, 0.6) is 0 Å². The van der Waals surface area contributed by atoms with E-state index in [2.05, 4.69) is 32.4 Å². The van der Waals surface area contributed by atoms with Crippen LogP contribution in [-0.4, -0.2) is 34.9 Å². The van der Waals surface area contributed by atoms with Gasteiger partial charge in [0.15, 0.2) is 0 Å². The third-order valence-electron chi connectivity index (χ3n) is 4.43. The Morgan fingerprint density at radius 3 is 2.46 bits per heavy atom. The van der Waals surface area contributed by atoms with Gasteiger partial charge in [0.25, 0.3) is 5.91 Å². The van der Waals surface area contributed by atoms with Crippen molar-refractivity contribution in [1.82, 2.24) is 9.97 Å². The van der Waals surface area contributed by atoms with Crippen LogP contribution in [0.3, 0.4) is 0 Å². The molecule has 2 heterocycles. The van der Waals surface area contributed by atoms with Crippen molar-refractivity contribution in [3.05, 3.63) is 42.4 Å². The Morgan fingerprint density at radius 2 is 1.77 bits per heavy atom. The van der Waals surface area contributed by atoms with Crippen molar-refractivity contribution < 1.29 is 9.59 Å². The molecule has 26 heavy (non-hydrogen) atoms. The molecule has 1 saturated heterocycles. The van der Waals surface area contributed by atoms with Crippen molar-refractivity contribution in [3.63, 3.8) is 0 Å². The largest absolute Gasteiger partial charge is 0.356 e. The molecule has 136 valence electrons. The summed E-state index contributed by atoms with van der Waals surface area (Å²) in [6.07, 6.45) is 3.68. The minimum atomic E-state index is -0.306. The topological polar surface area (TPSA) is 87.2 Å². The molecule has 1 fully saturated rings. The Balaban J connectivity index is 1.70. The zero-order valence-electron chi connectivity index (χ0n) is 15.0. The molecule has 2 aromatic rings. The number of carbonyl (C=O) groups is 2. The normalized spacial score (nSPS) is 14.8. The summed E-state index contributed by atoms with van der Waals surface area (Å²) in [4.78, 5) is 34.3. The van der Waals surface area contributed by atoms with Gasteiger partial charge >= 0.3 is 0 Å². The van der Waals surface area contributed by atoms with E-state index in [4.69, 9.17) is 0 Å². The number of piperidine rings is 1. The van der Waals surface area contributed by atoms with Crippen molar-refractivity contribution in [2.45, 2.75) is 26.7 Å². The summed E-state index contributed by atoms with van der Waals surface area (Å²) in [6.45, 7) is 5.58. The van der Waals surface area contributed by atoms with Gasteiger partial charge in [0.05, 0.1) is 0 Å².